The Morgan fingerprint density at radius 1 is 1.25 bits per heavy atom. The molecule has 0 bridgehead atoms. The molecule has 0 fully saturated rings. The number of hydrogen-bond acceptors (Lipinski definition) is 3. The van der Waals surface area contributed by atoms with Crippen LogP contribution in [0.15, 0.2) is 53.1 Å². The fourth-order valence-corrected chi connectivity index (χ4v) is 1.86. The van der Waals surface area contributed by atoms with Gasteiger partial charge in [0.1, 0.15) is 11.5 Å². The highest BCUT2D eigenvalue weighted by atomic mass is 16.5. The van der Waals surface area contributed by atoms with Crippen molar-refractivity contribution in [3.05, 3.63) is 54.5 Å². The summed E-state index contributed by atoms with van der Waals surface area (Å²) in [7, 11) is 0. The molecule has 1 heterocycles. The summed E-state index contributed by atoms with van der Waals surface area (Å²) in [5, 5.41) is 2.89. The van der Waals surface area contributed by atoms with Gasteiger partial charge < -0.3 is 14.5 Å². The Morgan fingerprint density at radius 3 is 2.75 bits per heavy atom. The largest absolute Gasteiger partial charge is 0.494 e. The van der Waals surface area contributed by atoms with Crippen LogP contribution in [0.5, 0.6) is 5.75 Å². The monoisotopic (exact) mass is 273 g/mol. The van der Waals surface area contributed by atoms with Crippen molar-refractivity contribution < 1.29 is 13.9 Å². The van der Waals surface area contributed by atoms with E-state index in [1.807, 2.05) is 49.4 Å². The summed E-state index contributed by atoms with van der Waals surface area (Å²) in [6.45, 7) is 2.43. The number of ether oxygens (including phenoxy) is 1. The molecule has 2 rings (SSSR count). The molecular weight excluding hydrogens is 254 g/mol. The SMILES string of the molecule is CC(NC(=O)CCCOc1ccccc1)c1ccco1. The highest BCUT2D eigenvalue weighted by Crippen LogP contribution is 2.12. The van der Waals surface area contributed by atoms with Gasteiger partial charge >= 0.3 is 0 Å². The zero-order valence-corrected chi connectivity index (χ0v) is 11.5. The van der Waals surface area contributed by atoms with E-state index in [1.165, 1.54) is 0 Å². The lowest BCUT2D eigenvalue weighted by molar-refractivity contribution is -0.122. The quantitative estimate of drug-likeness (QED) is 0.787. The molecule has 1 atom stereocenters. The molecule has 1 aromatic heterocycles. The van der Waals surface area contributed by atoms with E-state index >= 15 is 0 Å². The smallest absolute Gasteiger partial charge is 0.220 e. The lowest BCUT2D eigenvalue weighted by Gasteiger charge is -2.11. The number of furan rings is 1. The van der Waals surface area contributed by atoms with Crippen LogP contribution in [-0.2, 0) is 4.79 Å². The number of benzene rings is 1. The Balaban J connectivity index is 1.63. The molecule has 0 aliphatic rings. The average Bonchev–Trinajstić information content (AvgIpc) is 2.99. The molecule has 0 aliphatic heterocycles. The molecule has 0 spiro atoms. The maximum atomic E-state index is 11.8. The molecule has 2 aromatic rings. The molecule has 0 saturated heterocycles. The molecule has 1 N–H and O–H groups in total. The summed E-state index contributed by atoms with van der Waals surface area (Å²) < 4.78 is 10.8. The summed E-state index contributed by atoms with van der Waals surface area (Å²) in [5.41, 5.74) is 0. The topological polar surface area (TPSA) is 51.5 Å². The van der Waals surface area contributed by atoms with Crippen LogP contribution in [0.2, 0.25) is 0 Å². The van der Waals surface area contributed by atoms with Crippen molar-refractivity contribution in [2.24, 2.45) is 0 Å². The van der Waals surface area contributed by atoms with Gasteiger partial charge in [-0.15, -0.1) is 0 Å². The molecule has 0 aliphatic carbocycles. The summed E-state index contributed by atoms with van der Waals surface area (Å²) in [5.74, 6) is 1.60. The maximum Gasteiger partial charge on any atom is 0.220 e. The summed E-state index contributed by atoms with van der Waals surface area (Å²) >= 11 is 0. The van der Waals surface area contributed by atoms with E-state index in [0.717, 1.165) is 11.5 Å². The molecule has 4 nitrogen and oxygen atoms in total. The second-order valence-electron chi connectivity index (χ2n) is 4.57. The number of hydrogen-bond donors (Lipinski definition) is 1. The predicted octanol–water partition coefficient (Wildman–Crippen LogP) is 3.32. The second kappa shape index (κ2) is 7.38. The van der Waals surface area contributed by atoms with E-state index in [0.29, 0.717) is 19.4 Å². The van der Waals surface area contributed by atoms with Crippen LogP contribution >= 0.6 is 0 Å². The normalized spacial score (nSPS) is 11.8. The second-order valence-corrected chi connectivity index (χ2v) is 4.57. The minimum atomic E-state index is -0.104. The Bertz CT molecular complexity index is 508. The van der Waals surface area contributed by atoms with E-state index in [4.69, 9.17) is 9.15 Å². The highest BCUT2D eigenvalue weighted by Gasteiger charge is 2.11. The number of para-hydroxylation sites is 1. The van der Waals surface area contributed by atoms with Crippen molar-refractivity contribution in [3.8, 4) is 5.75 Å². The first-order valence-electron chi connectivity index (χ1n) is 6.76. The molecule has 1 unspecified atom stereocenters. The predicted molar refractivity (Wildman–Crippen MR) is 76.4 cm³/mol. The Kier molecular flexibility index (Phi) is 5.24. The van der Waals surface area contributed by atoms with Gasteiger partial charge in [-0.2, -0.15) is 0 Å². The minimum Gasteiger partial charge on any atom is -0.494 e. The highest BCUT2D eigenvalue weighted by molar-refractivity contribution is 5.76. The van der Waals surface area contributed by atoms with Crippen LogP contribution in [-0.4, -0.2) is 12.5 Å². The molecule has 106 valence electrons. The average molecular weight is 273 g/mol. The molecular formula is C16H19NO3. The van der Waals surface area contributed by atoms with E-state index in [-0.39, 0.29) is 11.9 Å². The maximum absolute atomic E-state index is 11.8. The Morgan fingerprint density at radius 2 is 2.05 bits per heavy atom. The summed E-state index contributed by atoms with van der Waals surface area (Å²) in [6.07, 6.45) is 2.73. The van der Waals surface area contributed by atoms with Crippen LogP contribution in [0, 0.1) is 0 Å². The molecule has 20 heavy (non-hydrogen) atoms. The van der Waals surface area contributed by atoms with Crippen LogP contribution in [0.25, 0.3) is 0 Å². The van der Waals surface area contributed by atoms with Gasteiger partial charge in [0.2, 0.25) is 5.91 Å². The molecule has 1 amide bonds. The Labute approximate surface area is 118 Å². The number of amides is 1. The van der Waals surface area contributed by atoms with Crippen molar-refractivity contribution in [2.45, 2.75) is 25.8 Å². The van der Waals surface area contributed by atoms with E-state index < -0.39 is 0 Å². The molecule has 0 saturated carbocycles. The lowest BCUT2D eigenvalue weighted by atomic mass is 10.2. The minimum absolute atomic E-state index is 0.00515. The van der Waals surface area contributed by atoms with Gasteiger partial charge in [0.05, 0.1) is 18.9 Å². The van der Waals surface area contributed by atoms with Crippen molar-refractivity contribution in [3.63, 3.8) is 0 Å². The fourth-order valence-electron chi connectivity index (χ4n) is 1.86. The van der Waals surface area contributed by atoms with E-state index in [2.05, 4.69) is 5.32 Å². The lowest BCUT2D eigenvalue weighted by Crippen LogP contribution is -2.26. The van der Waals surface area contributed by atoms with E-state index in [9.17, 15) is 4.79 Å². The molecule has 1 aromatic carbocycles. The van der Waals surface area contributed by atoms with Gasteiger partial charge in [-0.1, -0.05) is 18.2 Å². The number of carbonyl (C=O) groups is 1. The number of nitrogens with one attached hydrogen (secondary N) is 1. The fraction of sp³-hybridized carbons (Fsp3) is 0.312. The first kappa shape index (κ1) is 14.2. The zero-order valence-electron chi connectivity index (χ0n) is 11.5. The van der Waals surface area contributed by atoms with Gasteiger partial charge in [-0.3, -0.25) is 4.79 Å². The number of rotatable bonds is 7. The molecule has 4 heteroatoms. The Hall–Kier alpha value is -2.23. The van der Waals surface area contributed by atoms with Crippen molar-refractivity contribution >= 4 is 5.91 Å². The van der Waals surface area contributed by atoms with Gasteiger partial charge in [-0.25, -0.2) is 0 Å². The first-order chi connectivity index (χ1) is 9.75. The van der Waals surface area contributed by atoms with Crippen LogP contribution in [0.4, 0.5) is 0 Å². The zero-order chi connectivity index (χ0) is 14.2. The van der Waals surface area contributed by atoms with Crippen molar-refractivity contribution in [2.75, 3.05) is 6.61 Å². The summed E-state index contributed by atoms with van der Waals surface area (Å²) in [6, 6.07) is 13.1. The van der Waals surface area contributed by atoms with Gasteiger partial charge in [0, 0.05) is 6.42 Å². The standard InChI is InChI=1S/C16H19NO3/c1-13(15-9-5-12-20-15)17-16(18)10-6-11-19-14-7-3-2-4-8-14/h2-5,7-9,12-13H,6,10-11H2,1H3,(H,17,18). The summed E-state index contributed by atoms with van der Waals surface area (Å²) in [4.78, 5) is 11.8. The van der Waals surface area contributed by atoms with Crippen molar-refractivity contribution in [1.82, 2.24) is 5.32 Å². The van der Waals surface area contributed by atoms with Crippen LogP contribution < -0.4 is 10.1 Å². The third kappa shape index (κ3) is 4.46. The van der Waals surface area contributed by atoms with Crippen LogP contribution in [0.1, 0.15) is 31.6 Å². The van der Waals surface area contributed by atoms with Gasteiger partial charge in [0.15, 0.2) is 0 Å². The molecule has 0 radical (unpaired) electrons. The third-order valence-corrected chi connectivity index (χ3v) is 2.91. The van der Waals surface area contributed by atoms with Crippen LogP contribution in [0.3, 0.4) is 0 Å². The first-order valence-corrected chi connectivity index (χ1v) is 6.76. The third-order valence-electron chi connectivity index (χ3n) is 2.91. The number of carbonyl (C=O) groups excluding carboxylic acids is 1. The van der Waals surface area contributed by atoms with Gasteiger partial charge in [0.25, 0.3) is 0 Å². The van der Waals surface area contributed by atoms with Gasteiger partial charge in [-0.05, 0) is 37.6 Å². The van der Waals surface area contributed by atoms with Crippen molar-refractivity contribution in [1.29, 1.82) is 0 Å². The van der Waals surface area contributed by atoms with E-state index in [1.54, 1.807) is 6.26 Å².